The molecule has 35 heavy (non-hydrogen) atoms. The molecule has 2 bridgehead atoms. The molecule has 3 aliphatic rings. The Hall–Kier alpha value is -3.78. The number of ether oxygens (including phenoxy) is 3. The second kappa shape index (κ2) is 8.16. The molecule has 180 valence electrons. The van der Waals surface area contributed by atoms with E-state index in [0.717, 1.165) is 11.9 Å². The summed E-state index contributed by atoms with van der Waals surface area (Å²) >= 11 is 0. The summed E-state index contributed by atoms with van der Waals surface area (Å²) in [4.78, 5) is 32.1. The van der Waals surface area contributed by atoms with Gasteiger partial charge in [-0.25, -0.2) is 0 Å². The Balaban J connectivity index is 1.20. The largest absolute Gasteiger partial charge is 0.497 e. The van der Waals surface area contributed by atoms with Gasteiger partial charge in [0.25, 0.3) is 0 Å². The number of carbonyl (C=O) groups excluding carboxylic acids is 2. The van der Waals surface area contributed by atoms with Crippen molar-refractivity contribution in [1.29, 1.82) is 0 Å². The fourth-order valence-electron chi connectivity index (χ4n) is 5.77. The van der Waals surface area contributed by atoms with Gasteiger partial charge in [-0.2, -0.15) is 0 Å². The Morgan fingerprint density at radius 1 is 1.20 bits per heavy atom. The molecular weight excluding hydrogens is 446 g/mol. The van der Waals surface area contributed by atoms with Gasteiger partial charge in [-0.05, 0) is 18.1 Å². The summed E-state index contributed by atoms with van der Waals surface area (Å²) in [5.74, 6) is -0.259. The van der Waals surface area contributed by atoms with Gasteiger partial charge in [0.15, 0.2) is 0 Å². The number of likely N-dealkylation sites (tertiary alicyclic amines) is 1. The summed E-state index contributed by atoms with van der Waals surface area (Å²) in [6.07, 6.45) is 6.22. The van der Waals surface area contributed by atoms with Gasteiger partial charge in [-0.15, -0.1) is 0 Å². The molecule has 0 saturated carbocycles. The smallest absolute Gasteiger partial charge is 0.231 e. The van der Waals surface area contributed by atoms with Crippen molar-refractivity contribution in [1.82, 2.24) is 9.88 Å². The van der Waals surface area contributed by atoms with Gasteiger partial charge in [0.05, 0.1) is 38.7 Å². The van der Waals surface area contributed by atoms with E-state index in [1.165, 1.54) is 10.9 Å². The number of aromatic nitrogens is 1. The van der Waals surface area contributed by atoms with Crippen LogP contribution in [-0.2, 0) is 20.7 Å². The minimum absolute atomic E-state index is 0.0277. The summed E-state index contributed by atoms with van der Waals surface area (Å²) in [5.41, 5.74) is 2.07. The molecule has 0 aliphatic carbocycles. The Morgan fingerprint density at radius 3 is 2.74 bits per heavy atom. The quantitative estimate of drug-likeness (QED) is 0.515. The molecule has 6 rings (SSSR count). The minimum atomic E-state index is -0.740. The molecule has 2 amide bonds. The molecule has 8 heteroatoms. The summed E-state index contributed by atoms with van der Waals surface area (Å²) in [7, 11) is 3.11. The monoisotopic (exact) mass is 473 g/mol. The second-order valence-electron chi connectivity index (χ2n) is 9.36. The van der Waals surface area contributed by atoms with Crippen molar-refractivity contribution in [2.45, 2.75) is 18.1 Å². The zero-order valence-corrected chi connectivity index (χ0v) is 19.6. The number of hydrogen-bond acceptors (Lipinski definition) is 5. The molecular formula is C27H27N3O5. The summed E-state index contributed by atoms with van der Waals surface area (Å²) in [5, 5.41) is 4.12. The van der Waals surface area contributed by atoms with Crippen LogP contribution in [0.1, 0.15) is 5.56 Å². The number of H-pyrrole nitrogens is 1. The van der Waals surface area contributed by atoms with Crippen molar-refractivity contribution in [2.75, 3.05) is 32.6 Å². The van der Waals surface area contributed by atoms with Crippen molar-refractivity contribution in [3.63, 3.8) is 0 Å². The number of para-hydroxylation sites is 1. The topological polar surface area (TPSA) is 92.9 Å². The maximum absolute atomic E-state index is 13.5. The molecule has 2 saturated heterocycles. The number of amides is 2. The number of carbonyl (C=O) groups is 2. The highest BCUT2D eigenvalue weighted by molar-refractivity contribution is 5.99. The summed E-state index contributed by atoms with van der Waals surface area (Å²) in [6.45, 7) is 1.03. The molecule has 0 unspecified atom stereocenters. The lowest BCUT2D eigenvalue weighted by molar-refractivity contribution is -0.135. The predicted octanol–water partition coefficient (Wildman–Crippen LogP) is 3.15. The Labute approximate surface area is 202 Å². The number of rotatable bonds is 7. The van der Waals surface area contributed by atoms with Crippen LogP contribution in [0.25, 0.3) is 10.9 Å². The zero-order valence-electron chi connectivity index (χ0n) is 19.6. The van der Waals surface area contributed by atoms with Crippen LogP contribution in [0.5, 0.6) is 11.5 Å². The molecule has 1 spiro atoms. The second-order valence-corrected chi connectivity index (χ2v) is 9.36. The highest BCUT2D eigenvalue weighted by Crippen LogP contribution is 2.52. The van der Waals surface area contributed by atoms with Gasteiger partial charge in [-0.1, -0.05) is 30.4 Å². The van der Waals surface area contributed by atoms with E-state index in [0.29, 0.717) is 30.3 Å². The van der Waals surface area contributed by atoms with Crippen LogP contribution in [-0.4, -0.2) is 60.7 Å². The number of nitrogens with zero attached hydrogens (tertiary/aromatic N) is 1. The molecule has 0 radical (unpaired) electrons. The van der Waals surface area contributed by atoms with E-state index in [-0.39, 0.29) is 11.8 Å². The molecule has 3 aliphatic heterocycles. The maximum Gasteiger partial charge on any atom is 0.231 e. The molecule has 4 atom stereocenters. The van der Waals surface area contributed by atoms with Crippen molar-refractivity contribution in [2.24, 2.45) is 11.8 Å². The fraction of sp³-hybridized carbons (Fsp3) is 0.333. The van der Waals surface area contributed by atoms with Gasteiger partial charge in [0, 0.05) is 47.5 Å². The van der Waals surface area contributed by atoms with Crippen molar-refractivity contribution < 1.29 is 23.8 Å². The third-order valence-corrected chi connectivity index (χ3v) is 7.43. The molecule has 4 heterocycles. The Bertz CT molecular complexity index is 1330. The number of hydrogen-bond donors (Lipinski definition) is 2. The van der Waals surface area contributed by atoms with Crippen molar-refractivity contribution in [3.8, 4) is 11.5 Å². The van der Waals surface area contributed by atoms with Crippen LogP contribution < -0.4 is 14.8 Å². The van der Waals surface area contributed by atoms with E-state index in [2.05, 4.69) is 16.4 Å². The molecule has 2 fully saturated rings. The maximum atomic E-state index is 13.5. The van der Waals surface area contributed by atoms with Gasteiger partial charge >= 0.3 is 0 Å². The molecule has 1 aromatic heterocycles. The highest BCUT2D eigenvalue weighted by Gasteiger charge is 2.66. The number of benzene rings is 2. The first-order valence-electron chi connectivity index (χ1n) is 11.8. The van der Waals surface area contributed by atoms with Crippen LogP contribution in [0, 0.1) is 11.8 Å². The number of nitrogens with one attached hydrogen (secondary N) is 2. The fourth-order valence-corrected chi connectivity index (χ4v) is 5.77. The lowest BCUT2D eigenvalue weighted by atomic mass is 9.77. The third-order valence-electron chi connectivity index (χ3n) is 7.43. The lowest BCUT2D eigenvalue weighted by Crippen LogP contribution is -2.41. The van der Waals surface area contributed by atoms with Crippen LogP contribution in [0.3, 0.4) is 0 Å². The van der Waals surface area contributed by atoms with Gasteiger partial charge < -0.3 is 29.4 Å². The SMILES string of the molecule is COc1cc(NC(=O)[C@H]2[C@H]3C=C[C@]4(CN(CCc5c[nH]c6ccccc56)C(=O)[C@@H]24)O3)cc(OC)c1. The molecule has 3 aromatic rings. The first kappa shape index (κ1) is 21.7. The van der Waals surface area contributed by atoms with Crippen LogP contribution in [0.2, 0.25) is 0 Å². The van der Waals surface area contributed by atoms with Gasteiger partial charge in [0.2, 0.25) is 11.8 Å². The van der Waals surface area contributed by atoms with Gasteiger partial charge in [0.1, 0.15) is 17.1 Å². The first-order valence-corrected chi connectivity index (χ1v) is 11.8. The van der Waals surface area contributed by atoms with E-state index in [9.17, 15) is 9.59 Å². The highest BCUT2D eigenvalue weighted by atomic mass is 16.5. The summed E-state index contributed by atoms with van der Waals surface area (Å²) in [6, 6.07) is 13.3. The normalized spacial score (nSPS) is 26.4. The van der Waals surface area contributed by atoms with Crippen LogP contribution in [0.4, 0.5) is 5.69 Å². The molecule has 2 aromatic carbocycles. The van der Waals surface area contributed by atoms with Crippen molar-refractivity contribution in [3.05, 3.63) is 66.4 Å². The third kappa shape index (κ3) is 3.47. The predicted molar refractivity (Wildman–Crippen MR) is 130 cm³/mol. The van der Waals surface area contributed by atoms with Crippen LogP contribution in [0.15, 0.2) is 60.8 Å². The van der Waals surface area contributed by atoms with Crippen molar-refractivity contribution >= 4 is 28.4 Å². The standard InChI is InChI=1S/C27H27N3O5/c1-33-18-11-17(12-19(13-18)34-2)29-25(31)23-22-7-9-27(35-22)15-30(26(32)24(23)27)10-8-16-14-28-21-6-4-3-5-20(16)21/h3-7,9,11-14,22-24,28H,8,10,15H2,1-2H3,(H,29,31)/t22-,23+,24-,27-/m1/s1. The zero-order chi connectivity index (χ0) is 24.2. The van der Waals surface area contributed by atoms with Crippen LogP contribution >= 0.6 is 0 Å². The number of methoxy groups -OCH3 is 2. The average molecular weight is 474 g/mol. The van der Waals surface area contributed by atoms with E-state index < -0.39 is 23.5 Å². The van der Waals surface area contributed by atoms with E-state index in [1.807, 2.05) is 41.4 Å². The van der Waals surface area contributed by atoms with E-state index >= 15 is 0 Å². The average Bonchev–Trinajstić information content (AvgIpc) is 3.62. The lowest BCUT2D eigenvalue weighted by Gasteiger charge is -2.23. The first-order chi connectivity index (χ1) is 17.0. The minimum Gasteiger partial charge on any atom is -0.497 e. The summed E-state index contributed by atoms with van der Waals surface area (Å²) < 4.78 is 16.9. The van der Waals surface area contributed by atoms with Gasteiger partial charge in [-0.3, -0.25) is 9.59 Å². The van der Waals surface area contributed by atoms with E-state index in [4.69, 9.17) is 14.2 Å². The Morgan fingerprint density at radius 2 is 1.97 bits per heavy atom. The molecule has 8 nitrogen and oxygen atoms in total. The van der Waals surface area contributed by atoms with E-state index in [1.54, 1.807) is 32.4 Å². The number of fused-ring (bicyclic) bond motifs is 2. The Kier molecular flexibility index (Phi) is 5.07. The number of aromatic amines is 1. The number of anilines is 1. The molecule has 2 N–H and O–H groups in total.